The first-order chi connectivity index (χ1) is 12.7. The topological polar surface area (TPSA) is 72.1 Å². The van der Waals surface area contributed by atoms with E-state index in [1.54, 1.807) is 12.4 Å². The first-order valence-corrected chi connectivity index (χ1v) is 9.35. The van der Waals surface area contributed by atoms with Gasteiger partial charge in [0.15, 0.2) is 0 Å². The molecule has 132 valence electrons. The smallest absolute Gasteiger partial charge is 0.277 e. The third kappa shape index (κ3) is 3.48. The highest BCUT2D eigenvalue weighted by Gasteiger charge is 2.26. The summed E-state index contributed by atoms with van der Waals surface area (Å²) >= 11 is 1.30. The molecule has 0 saturated carbocycles. The molecule has 0 bridgehead atoms. The Kier molecular flexibility index (Phi) is 4.71. The van der Waals surface area contributed by atoms with E-state index in [1.807, 2.05) is 36.1 Å². The van der Waals surface area contributed by atoms with Crippen LogP contribution in [0.15, 0.2) is 58.4 Å². The molecular formula is C19H18N4O2S. The van der Waals surface area contributed by atoms with Crippen LogP contribution in [-0.2, 0) is 17.8 Å². The lowest BCUT2D eigenvalue weighted by Gasteiger charge is -2.30. The summed E-state index contributed by atoms with van der Waals surface area (Å²) in [5, 5.41) is 8.21. The number of benzene rings is 1. The lowest BCUT2D eigenvalue weighted by Crippen LogP contribution is -2.40. The molecule has 4 rings (SSSR count). The molecule has 0 N–H and O–H groups in total. The minimum atomic E-state index is -0.286. The predicted molar refractivity (Wildman–Crippen MR) is 98.4 cm³/mol. The SMILES string of the molecule is CC(Sc1nnc(-c2ccncc2)o1)C(=O)N1CCc2ccccc2C1. The average molecular weight is 366 g/mol. The number of aromatic nitrogens is 3. The standard InChI is InChI=1S/C19H18N4O2S/c1-13(18(24)23-11-8-14-4-2-3-5-16(14)12-23)26-19-22-21-17(25-19)15-6-9-20-10-7-15/h2-7,9-10,13H,8,11-12H2,1H3. The Labute approximate surface area is 155 Å². The summed E-state index contributed by atoms with van der Waals surface area (Å²) in [5.74, 6) is 0.523. The van der Waals surface area contributed by atoms with Gasteiger partial charge in [-0.05, 0) is 36.6 Å². The maximum absolute atomic E-state index is 12.8. The summed E-state index contributed by atoms with van der Waals surface area (Å²) in [6.07, 6.45) is 4.24. The number of carbonyl (C=O) groups excluding carboxylic acids is 1. The van der Waals surface area contributed by atoms with E-state index in [9.17, 15) is 4.79 Å². The lowest BCUT2D eigenvalue weighted by atomic mass is 10.00. The van der Waals surface area contributed by atoms with Crippen LogP contribution in [0.3, 0.4) is 0 Å². The molecule has 1 amide bonds. The van der Waals surface area contributed by atoms with Crippen LogP contribution < -0.4 is 0 Å². The van der Waals surface area contributed by atoms with Crippen LogP contribution in [0, 0.1) is 0 Å². The Bertz CT molecular complexity index is 913. The largest absolute Gasteiger partial charge is 0.411 e. The van der Waals surface area contributed by atoms with Crippen LogP contribution >= 0.6 is 11.8 Å². The summed E-state index contributed by atoms with van der Waals surface area (Å²) in [6.45, 7) is 3.28. The number of hydrogen-bond acceptors (Lipinski definition) is 6. The fourth-order valence-electron chi connectivity index (χ4n) is 3.01. The van der Waals surface area contributed by atoms with Crippen LogP contribution in [0.1, 0.15) is 18.1 Å². The van der Waals surface area contributed by atoms with Crippen molar-refractivity contribution < 1.29 is 9.21 Å². The molecule has 3 aromatic rings. The summed E-state index contributed by atoms with van der Waals surface area (Å²) in [6, 6.07) is 11.9. The van der Waals surface area contributed by atoms with Crippen molar-refractivity contribution in [2.45, 2.75) is 30.4 Å². The zero-order chi connectivity index (χ0) is 17.9. The molecule has 0 radical (unpaired) electrons. The minimum absolute atomic E-state index is 0.0909. The number of thioether (sulfide) groups is 1. The van der Waals surface area contributed by atoms with Gasteiger partial charge >= 0.3 is 0 Å². The van der Waals surface area contributed by atoms with E-state index in [0.29, 0.717) is 17.7 Å². The van der Waals surface area contributed by atoms with Gasteiger partial charge in [0.05, 0.1) is 5.25 Å². The normalized spacial score (nSPS) is 14.7. The van der Waals surface area contributed by atoms with E-state index < -0.39 is 0 Å². The molecule has 2 aromatic heterocycles. The van der Waals surface area contributed by atoms with Crippen LogP contribution in [0.2, 0.25) is 0 Å². The zero-order valence-electron chi connectivity index (χ0n) is 14.3. The van der Waals surface area contributed by atoms with Crippen molar-refractivity contribution in [3.63, 3.8) is 0 Å². The lowest BCUT2D eigenvalue weighted by molar-refractivity contribution is -0.131. The molecule has 0 fully saturated rings. The van der Waals surface area contributed by atoms with Gasteiger partial charge in [-0.1, -0.05) is 36.0 Å². The van der Waals surface area contributed by atoms with Crippen LogP contribution in [0.25, 0.3) is 11.5 Å². The van der Waals surface area contributed by atoms with E-state index in [2.05, 4.69) is 27.3 Å². The fraction of sp³-hybridized carbons (Fsp3) is 0.263. The second kappa shape index (κ2) is 7.29. The van der Waals surface area contributed by atoms with Crippen molar-refractivity contribution in [3.8, 4) is 11.5 Å². The maximum Gasteiger partial charge on any atom is 0.277 e. The molecule has 0 aliphatic carbocycles. The first kappa shape index (κ1) is 16.8. The monoisotopic (exact) mass is 366 g/mol. The first-order valence-electron chi connectivity index (χ1n) is 8.47. The second-order valence-electron chi connectivity index (χ2n) is 6.15. The Morgan fingerprint density at radius 3 is 2.73 bits per heavy atom. The van der Waals surface area contributed by atoms with Gasteiger partial charge in [0.2, 0.25) is 11.8 Å². The number of rotatable bonds is 4. The van der Waals surface area contributed by atoms with Gasteiger partial charge in [-0.2, -0.15) is 0 Å². The molecule has 1 aromatic carbocycles. The quantitative estimate of drug-likeness (QED) is 0.660. The van der Waals surface area contributed by atoms with Crippen LogP contribution in [-0.4, -0.2) is 37.8 Å². The summed E-state index contributed by atoms with van der Waals surface area (Å²) in [7, 11) is 0. The Morgan fingerprint density at radius 2 is 1.92 bits per heavy atom. The molecule has 7 heteroatoms. The van der Waals surface area contributed by atoms with Gasteiger partial charge in [-0.3, -0.25) is 9.78 Å². The minimum Gasteiger partial charge on any atom is -0.411 e. The van der Waals surface area contributed by atoms with Crippen molar-refractivity contribution in [3.05, 3.63) is 59.9 Å². The van der Waals surface area contributed by atoms with Gasteiger partial charge in [-0.25, -0.2) is 0 Å². The molecule has 26 heavy (non-hydrogen) atoms. The van der Waals surface area contributed by atoms with Gasteiger partial charge < -0.3 is 9.32 Å². The molecule has 3 heterocycles. The Hall–Kier alpha value is -2.67. The summed E-state index contributed by atoms with van der Waals surface area (Å²) in [5.41, 5.74) is 3.36. The molecule has 1 aliphatic heterocycles. The Balaban J connectivity index is 1.42. The average Bonchev–Trinajstić information content (AvgIpc) is 3.16. The molecule has 1 aliphatic rings. The van der Waals surface area contributed by atoms with Gasteiger partial charge in [0.25, 0.3) is 5.22 Å². The second-order valence-corrected chi connectivity index (χ2v) is 7.44. The molecule has 0 saturated heterocycles. The maximum atomic E-state index is 12.8. The number of nitrogens with zero attached hydrogens (tertiary/aromatic N) is 4. The van der Waals surface area contributed by atoms with Crippen molar-refractivity contribution >= 4 is 17.7 Å². The number of hydrogen-bond donors (Lipinski definition) is 0. The van der Waals surface area contributed by atoms with Gasteiger partial charge in [0, 0.05) is 31.0 Å². The van der Waals surface area contributed by atoms with Crippen LogP contribution in [0.5, 0.6) is 0 Å². The van der Waals surface area contributed by atoms with E-state index in [4.69, 9.17) is 4.42 Å². The van der Waals surface area contributed by atoms with Gasteiger partial charge in [-0.15, -0.1) is 10.2 Å². The van der Waals surface area contributed by atoms with E-state index in [-0.39, 0.29) is 11.2 Å². The van der Waals surface area contributed by atoms with Crippen molar-refractivity contribution in [2.75, 3.05) is 6.54 Å². The Morgan fingerprint density at radius 1 is 1.15 bits per heavy atom. The zero-order valence-corrected chi connectivity index (χ0v) is 15.1. The highest BCUT2D eigenvalue weighted by atomic mass is 32.2. The third-order valence-corrected chi connectivity index (χ3v) is 5.32. The van der Waals surface area contributed by atoms with Crippen molar-refractivity contribution in [1.82, 2.24) is 20.1 Å². The number of carbonyl (C=O) groups is 1. The molecule has 6 nitrogen and oxygen atoms in total. The molecule has 1 unspecified atom stereocenters. The number of fused-ring (bicyclic) bond motifs is 1. The molecule has 0 spiro atoms. The van der Waals surface area contributed by atoms with Crippen molar-refractivity contribution in [2.24, 2.45) is 0 Å². The highest BCUT2D eigenvalue weighted by Crippen LogP contribution is 2.28. The summed E-state index contributed by atoms with van der Waals surface area (Å²) < 4.78 is 5.68. The highest BCUT2D eigenvalue weighted by molar-refractivity contribution is 8.00. The van der Waals surface area contributed by atoms with E-state index in [1.165, 1.54) is 22.9 Å². The van der Waals surface area contributed by atoms with Crippen molar-refractivity contribution in [1.29, 1.82) is 0 Å². The fourth-order valence-corrected chi connectivity index (χ4v) is 3.78. The predicted octanol–water partition coefficient (Wildman–Crippen LogP) is 3.20. The third-order valence-electron chi connectivity index (χ3n) is 4.40. The van der Waals surface area contributed by atoms with Gasteiger partial charge in [0.1, 0.15) is 0 Å². The molecule has 1 atom stereocenters. The molecular weight excluding hydrogens is 348 g/mol. The van der Waals surface area contributed by atoms with E-state index >= 15 is 0 Å². The van der Waals surface area contributed by atoms with Crippen LogP contribution in [0.4, 0.5) is 0 Å². The summed E-state index contributed by atoms with van der Waals surface area (Å²) in [4.78, 5) is 18.7. The van der Waals surface area contributed by atoms with E-state index in [0.717, 1.165) is 18.5 Å². The number of amides is 1. The number of pyridine rings is 1.